The van der Waals surface area contributed by atoms with E-state index in [0.29, 0.717) is 16.9 Å². The van der Waals surface area contributed by atoms with Crippen molar-refractivity contribution in [3.8, 4) is 0 Å². The van der Waals surface area contributed by atoms with E-state index in [1.807, 2.05) is 0 Å². The minimum Gasteiger partial charge on any atom is -0.312 e. The summed E-state index contributed by atoms with van der Waals surface area (Å²) in [7, 11) is 1.76. The van der Waals surface area contributed by atoms with E-state index in [1.165, 1.54) is 12.1 Å². The summed E-state index contributed by atoms with van der Waals surface area (Å²) >= 11 is 3.15. The molecule has 25 heavy (non-hydrogen) atoms. The lowest BCUT2D eigenvalue weighted by molar-refractivity contribution is 0.132. The monoisotopic (exact) mass is 410 g/mol. The molecule has 2 atom stereocenters. The molecule has 0 bridgehead atoms. The highest BCUT2D eigenvalue weighted by molar-refractivity contribution is 9.10. The molecule has 1 aliphatic heterocycles. The van der Waals surface area contributed by atoms with Crippen molar-refractivity contribution in [2.24, 2.45) is 7.05 Å². The maximum atomic E-state index is 14.0. The topological polar surface area (TPSA) is 50.2 Å². The first-order valence-corrected chi connectivity index (χ1v) is 9.54. The van der Waals surface area contributed by atoms with Crippen LogP contribution in [0.3, 0.4) is 0 Å². The average molecular weight is 411 g/mol. The van der Waals surface area contributed by atoms with Crippen molar-refractivity contribution in [3.05, 3.63) is 38.6 Å². The molecule has 1 saturated heterocycles. The number of aromatic nitrogens is 2. The maximum Gasteiger partial charge on any atom is 0.261 e. The Balaban J connectivity index is 2.12. The Kier molecular flexibility index (Phi) is 5.55. The van der Waals surface area contributed by atoms with Gasteiger partial charge in [-0.3, -0.25) is 14.3 Å². The van der Waals surface area contributed by atoms with Crippen LogP contribution in [0.15, 0.2) is 21.4 Å². The zero-order valence-corrected chi connectivity index (χ0v) is 16.4. The van der Waals surface area contributed by atoms with Gasteiger partial charge in [0, 0.05) is 38.8 Å². The van der Waals surface area contributed by atoms with Crippen LogP contribution in [0.5, 0.6) is 0 Å². The zero-order chi connectivity index (χ0) is 18.1. The molecule has 2 aromatic rings. The van der Waals surface area contributed by atoms with Gasteiger partial charge in [0.15, 0.2) is 0 Å². The summed E-state index contributed by atoms with van der Waals surface area (Å²) in [4.78, 5) is 19.9. The fourth-order valence-electron chi connectivity index (χ4n) is 3.57. The number of piperazine rings is 1. The van der Waals surface area contributed by atoms with E-state index in [4.69, 9.17) is 4.98 Å². The van der Waals surface area contributed by atoms with Crippen molar-refractivity contribution in [1.29, 1.82) is 0 Å². The minimum atomic E-state index is -0.401. The molecular weight excluding hydrogens is 387 g/mol. The normalized spacial score (nSPS) is 20.1. The number of benzene rings is 1. The molecule has 7 heteroatoms. The van der Waals surface area contributed by atoms with Crippen LogP contribution >= 0.6 is 15.9 Å². The van der Waals surface area contributed by atoms with Crippen molar-refractivity contribution >= 4 is 26.8 Å². The predicted octanol–water partition coefficient (Wildman–Crippen LogP) is 2.97. The van der Waals surface area contributed by atoms with Gasteiger partial charge < -0.3 is 5.32 Å². The first kappa shape index (κ1) is 18.5. The third-order valence-electron chi connectivity index (χ3n) is 4.85. The van der Waals surface area contributed by atoms with Crippen LogP contribution in [0, 0.1) is 5.82 Å². The van der Waals surface area contributed by atoms with Gasteiger partial charge in [-0.15, -0.1) is 0 Å². The average Bonchev–Trinajstić information content (AvgIpc) is 2.58. The molecule has 0 unspecified atom stereocenters. The first-order chi connectivity index (χ1) is 11.9. The van der Waals surface area contributed by atoms with Crippen molar-refractivity contribution in [3.63, 3.8) is 0 Å². The van der Waals surface area contributed by atoms with Gasteiger partial charge in [0.2, 0.25) is 0 Å². The molecule has 0 aliphatic carbocycles. The molecule has 0 radical (unpaired) electrons. The highest BCUT2D eigenvalue weighted by Gasteiger charge is 2.28. The molecule has 0 spiro atoms. The van der Waals surface area contributed by atoms with E-state index in [1.54, 1.807) is 11.6 Å². The molecule has 1 N–H and O–H groups in total. The molecule has 1 aromatic heterocycles. The van der Waals surface area contributed by atoms with Crippen LogP contribution in [0.25, 0.3) is 10.9 Å². The Hall–Kier alpha value is -1.31. The Morgan fingerprint density at radius 2 is 2.24 bits per heavy atom. The third-order valence-corrected chi connectivity index (χ3v) is 5.46. The molecule has 1 aliphatic rings. The van der Waals surface area contributed by atoms with E-state index in [-0.39, 0.29) is 16.1 Å². The minimum absolute atomic E-state index is 0.0587. The molecule has 0 amide bonds. The SMILES string of the molecule is CCC[C@@H](c1nc2cc(F)c(Br)cc2c(=O)n1C)N1CCN[C@@H](C)C1. The summed E-state index contributed by atoms with van der Waals surface area (Å²) in [5.41, 5.74) is 0.285. The Morgan fingerprint density at radius 3 is 2.92 bits per heavy atom. The largest absolute Gasteiger partial charge is 0.312 e. The highest BCUT2D eigenvalue weighted by Crippen LogP contribution is 2.27. The molecular formula is C18H24BrFN4O. The molecule has 1 aromatic carbocycles. The van der Waals surface area contributed by atoms with E-state index >= 15 is 0 Å². The molecule has 1 fully saturated rings. The van der Waals surface area contributed by atoms with E-state index < -0.39 is 5.82 Å². The number of rotatable bonds is 4. The Morgan fingerprint density at radius 1 is 1.48 bits per heavy atom. The fraction of sp³-hybridized carbons (Fsp3) is 0.556. The number of hydrogen-bond donors (Lipinski definition) is 1. The highest BCUT2D eigenvalue weighted by atomic mass is 79.9. The molecule has 5 nitrogen and oxygen atoms in total. The fourth-order valence-corrected chi connectivity index (χ4v) is 3.92. The second-order valence-electron chi connectivity index (χ2n) is 6.77. The summed E-state index contributed by atoms with van der Waals surface area (Å²) in [6, 6.07) is 3.32. The van der Waals surface area contributed by atoms with Gasteiger partial charge in [0.25, 0.3) is 5.56 Å². The summed E-state index contributed by atoms with van der Waals surface area (Å²) in [6.07, 6.45) is 1.91. The van der Waals surface area contributed by atoms with E-state index in [0.717, 1.165) is 38.3 Å². The standard InChI is InChI=1S/C18H24BrFN4O/c1-4-5-16(24-7-6-21-11(2)10-24)17-22-15-9-14(20)13(19)8-12(15)18(25)23(17)3/h8-9,11,16,21H,4-7,10H2,1-3H3/t11-,16-/m0/s1. The molecule has 136 valence electrons. The summed E-state index contributed by atoms with van der Waals surface area (Å²) < 4.78 is 15.9. The first-order valence-electron chi connectivity index (χ1n) is 8.75. The van der Waals surface area contributed by atoms with Crippen LogP contribution in [0.1, 0.15) is 38.6 Å². The second-order valence-corrected chi connectivity index (χ2v) is 7.63. The van der Waals surface area contributed by atoms with Gasteiger partial charge in [0.1, 0.15) is 11.6 Å². The summed E-state index contributed by atoms with van der Waals surface area (Å²) in [5.74, 6) is 0.317. The van der Waals surface area contributed by atoms with Crippen LogP contribution in [-0.2, 0) is 7.05 Å². The van der Waals surface area contributed by atoms with E-state index in [9.17, 15) is 9.18 Å². The van der Waals surface area contributed by atoms with Gasteiger partial charge in [-0.25, -0.2) is 9.37 Å². The van der Waals surface area contributed by atoms with E-state index in [2.05, 4.69) is 40.0 Å². The third kappa shape index (κ3) is 3.64. The molecule has 2 heterocycles. The second kappa shape index (κ2) is 7.51. The van der Waals surface area contributed by atoms with Crippen molar-refractivity contribution in [2.45, 2.75) is 38.8 Å². The van der Waals surface area contributed by atoms with Crippen LogP contribution in [0.4, 0.5) is 4.39 Å². The van der Waals surface area contributed by atoms with Crippen molar-refractivity contribution in [1.82, 2.24) is 19.8 Å². The van der Waals surface area contributed by atoms with Gasteiger partial charge in [0.05, 0.1) is 21.4 Å². The van der Waals surface area contributed by atoms with Crippen molar-refractivity contribution in [2.75, 3.05) is 19.6 Å². The van der Waals surface area contributed by atoms with Crippen LogP contribution in [0.2, 0.25) is 0 Å². The smallest absolute Gasteiger partial charge is 0.261 e. The molecule has 0 saturated carbocycles. The lowest BCUT2D eigenvalue weighted by atomic mass is 10.1. The van der Waals surface area contributed by atoms with Crippen molar-refractivity contribution < 1.29 is 4.39 Å². The van der Waals surface area contributed by atoms with Crippen LogP contribution < -0.4 is 10.9 Å². The zero-order valence-electron chi connectivity index (χ0n) is 14.9. The lowest BCUT2D eigenvalue weighted by Gasteiger charge is -2.38. The van der Waals surface area contributed by atoms with Crippen LogP contribution in [-0.4, -0.2) is 40.1 Å². The lowest BCUT2D eigenvalue weighted by Crippen LogP contribution is -2.51. The quantitative estimate of drug-likeness (QED) is 0.841. The van der Waals surface area contributed by atoms with Gasteiger partial charge in [-0.2, -0.15) is 0 Å². The maximum absolute atomic E-state index is 14.0. The van der Waals surface area contributed by atoms with Gasteiger partial charge >= 0.3 is 0 Å². The van der Waals surface area contributed by atoms with Gasteiger partial charge in [-0.05, 0) is 35.3 Å². The predicted molar refractivity (Wildman–Crippen MR) is 101 cm³/mol. The summed E-state index contributed by atoms with van der Waals surface area (Å²) in [5, 5.41) is 3.88. The number of hydrogen-bond acceptors (Lipinski definition) is 4. The number of nitrogens with zero attached hydrogens (tertiary/aromatic N) is 3. The van der Waals surface area contributed by atoms with Gasteiger partial charge in [-0.1, -0.05) is 13.3 Å². The number of nitrogens with one attached hydrogen (secondary N) is 1. The number of fused-ring (bicyclic) bond motifs is 1. The Labute approximate surface area is 155 Å². The number of halogens is 2. The molecule has 3 rings (SSSR count). The Bertz CT molecular complexity index is 838. The summed E-state index contributed by atoms with van der Waals surface area (Å²) in [6.45, 7) is 7.04.